The standard InChI is InChI=1S/C13H14ClNO3/c14-10-4-2-1-3-9(10)8-5-6-12(16)15-11(7-8)13(17)18/h1-4,8,11H,5-7H2,(H,15,16)(H,17,18). The molecule has 0 saturated carbocycles. The zero-order valence-electron chi connectivity index (χ0n) is 9.73. The van der Waals surface area contributed by atoms with Crippen LogP contribution in [0.2, 0.25) is 5.02 Å². The van der Waals surface area contributed by atoms with Gasteiger partial charge in [-0.05, 0) is 30.4 Å². The number of benzene rings is 1. The van der Waals surface area contributed by atoms with Crippen LogP contribution in [0.1, 0.15) is 30.7 Å². The van der Waals surface area contributed by atoms with Crippen molar-refractivity contribution in [3.63, 3.8) is 0 Å². The highest BCUT2D eigenvalue weighted by atomic mass is 35.5. The Hall–Kier alpha value is -1.55. The number of nitrogens with one attached hydrogen (secondary N) is 1. The topological polar surface area (TPSA) is 66.4 Å². The molecule has 2 N–H and O–H groups in total. The highest BCUT2D eigenvalue weighted by molar-refractivity contribution is 6.31. The monoisotopic (exact) mass is 267 g/mol. The molecule has 0 aliphatic carbocycles. The number of aliphatic carboxylic acids is 1. The minimum atomic E-state index is -0.998. The third-order valence-electron chi connectivity index (χ3n) is 3.22. The third kappa shape index (κ3) is 2.82. The van der Waals surface area contributed by atoms with E-state index in [-0.39, 0.29) is 11.8 Å². The van der Waals surface area contributed by atoms with Crippen molar-refractivity contribution in [3.05, 3.63) is 34.9 Å². The highest BCUT2D eigenvalue weighted by Crippen LogP contribution is 2.33. The van der Waals surface area contributed by atoms with E-state index < -0.39 is 12.0 Å². The second kappa shape index (κ2) is 5.40. The fourth-order valence-corrected chi connectivity index (χ4v) is 2.57. The van der Waals surface area contributed by atoms with Crippen LogP contribution < -0.4 is 5.32 Å². The number of hydrogen-bond acceptors (Lipinski definition) is 2. The van der Waals surface area contributed by atoms with E-state index in [1.165, 1.54) is 0 Å². The molecule has 18 heavy (non-hydrogen) atoms. The SMILES string of the molecule is O=C1CCC(c2ccccc2Cl)CC(C(=O)O)N1. The number of carbonyl (C=O) groups excluding carboxylic acids is 1. The largest absolute Gasteiger partial charge is 0.480 e. The van der Waals surface area contributed by atoms with E-state index in [4.69, 9.17) is 16.7 Å². The van der Waals surface area contributed by atoms with Crippen molar-refractivity contribution >= 4 is 23.5 Å². The smallest absolute Gasteiger partial charge is 0.326 e. The number of hydrogen-bond donors (Lipinski definition) is 2. The van der Waals surface area contributed by atoms with Crippen molar-refractivity contribution in [2.75, 3.05) is 0 Å². The molecule has 1 amide bonds. The van der Waals surface area contributed by atoms with Gasteiger partial charge in [0.25, 0.3) is 0 Å². The summed E-state index contributed by atoms with van der Waals surface area (Å²) in [7, 11) is 0. The number of carboxylic acids is 1. The van der Waals surface area contributed by atoms with Crippen LogP contribution in [-0.4, -0.2) is 23.0 Å². The van der Waals surface area contributed by atoms with Gasteiger partial charge < -0.3 is 10.4 Å². The van der Waals surface area contributed by atoms with E-state index in [9.17, 15) is 9.59 Å². The molecule has 0 aromatic heterocycles. The van der Waals surface area contributed by atoms with Crippen LogP contribution in [0.5, 0.6) is 0 Å². The van der Waals surface area contributed by atoms with Gasteiger partial charge in [0, 0.05) is 11.4 Å². The number of halogens is 1. The average molecular weight is 268 g/mol. The molecule has 1 aliphatic rings. The van der Waals surface area contributed by atoms with E-state index in [1.54, 1.807) is 6.07 Å². The van der Waals surface area contributed by atoms with Gasteiger partial charge in [0.15, 0.2) is 0 Å². The molecule has 1 heterocycles. The molecule has 4 nitrogen and oxygen atoms in total. The Morgan fingerprint density at radius 1 is 1.39 bits per heavy atom. The van der Waals surface area contributed by atoms with Crippen LogP contribution in [-0.2, 0) is 9.59 Å². The molecule has 2 rings (SSSR count). The lowest BCUT2D eigenvalue weighted by Crippen LogP contribution is -2.39. The second-order valence-corrected chi connectivity index (χ2v) is 4.86. The predicted molar refractivity (Wildman–Crippen MR) is 67.6 cm³/mol. The number of carbonyl (C=O) groups is 2. The number of amides is 1. The fourth-order valence-electron chi connectivity index (χ4n) is 2.28. The molecule has 2 atom stereocenters. The van der Waals surface area contributed by atoms with Crippen LogP contribution in [0, 0.1) is 0 Å². The maximum atomic E-state index is 11.5. The summed E-state index contributed by atoms with van der Waals surface area (Å²) < 4.78 is 0. The fraction of sp³-hybridized carbons (Fsp3) is 0.385. The lowest BCUT2D eigenvalue weighted by molar-refractivity contribution is -0.141. The maximum absolute atomic E-state index is 11.5. The van der Waals surface area contributed by atoms with Crippen molar-refractivity contribution in [1.29, 1.82) is 0 Å². The first-order valence-corrected chi connectivity index (χ1v) is 6.22. The van der Waals surface area contributed by atoms with Crippen LogP contribution in [0.4, 0.5) is 0 Å². The predicted octanol–water partition coefficient (Wildman–Crippen LogP) is 2.18. The highest BCUT2D eigenvalue weighted by Gasteiger charge is 2.29. The van der Waals surface area contributed by atoms with Gasteiger partial charge in [0.05, 0.1) is 0 Å². The first-order valence-electron chi connectivity index (χ1n) is 5.84. The van der Waals surface area contributed by atoms with E-state index in [0.29, 0.717) is 24.3 Å². The summed E-state index contributed by atoms with van der Waals surface area (Å²) in [6.45, 7) is 0. The molecule has 0 radical (unpaired) electrons. The zero-order valence-corrected chi connectivity index (χ0v) is 10.5. The van der Waals surface area contributed by atoms with Crippen molar-refractivity contribution in [1.82, 2.24) is 5.32 Å². The second-order valence-electron chi connectivity index (χ2n) is 4.45. The van der Waals surface area contributed by atoms with Gasteiger partial charge in [-0.15, -0.1) is 0 Å². The van der Waals surface area contributed by atoms with Crippen LogP contribution in [0.15, 0.2) is 24.3 Å². The first-order chi connectivity index (χ1) is 8.58. The molecule has 0 spiro atoms. The van der Waals surface area contributed by atoms with E-state index in [2.05, 4.69) is 5.32 Å². The minimum absolute atomic E-state index is 0.00116. The summed E-state index contributed by atoms with van der Waals surface area (Å²) in [6, 6.07) is 6.55. The van der Waals surface area contributed by atoms with Gasteiger partial charge in [-0.25, -0.2) is 4.79 Å². The van der Waals surface area contributed by atoms with Crippen molar-refractivity contribution in [2.45, 2.75) is 31.2 Å². The summed E-state index contributed by atoms with van der Waals surface area (Å²) >= 11 is 6.12. The minimum Gasteiger partial charge on any atom is -0.480 e. The molecule has 5 heteroatoms. The van der Waals surface area contributed by atoms with Gasteiger partial charge in [-0.1, -0.05) is 29.8 Å². The first kappa shape index (κ1) is 12.9. The molecule has 96 valence electrons. The van der Waals surface area contributed by atoms with Crippen molar-refractivity contribution in [2.24, 2.45) is 0 Å². The Kier molecular flexibility index (Phi) is 3.87. The van der Waals surface area contributed by atoms with Gasteiger partial charge in [0.1, 0.15) is 6.04 Å². The molecule has 2 unspecified atom stereocenters. The lowest BCUT2D eigenvalue weighted by atomic mass is 9.89. The Labute approximate surface area is 110 Å². The quantitative estimate of drug-likeness (QED) is 0.863. The molecule has 0 bridgehead atoms. The maximum Gasteiger partial charge on any atom is 0.326 e. The lowest BCUT2D eigenvalue weighted by Gasteiger charge is -2.18. The Morgan fingerprint density at radius 2 is 2.11 bits per heavy atom. The van der Waals surface area contributed by atoms with Gasteiger partial charge in [-0.3, -0.25) is 4.79 Å². The van der Waals surface area contributed by atoms with Crippen LogP contribution in [0.3, 0.4) is 0 Å². The molecule has 1 fully saturated rings. The van der Waals surface area contributed by atoms with E-state index in [0.717, 1.165) is 5.56 Å². The Morgan fingerprint density at radius 3 is 2.78 bits per heavy atom. The molecule has 1 saturated heterocycles. The number of rotatable bonds is 2. The van der Waals surface area contributed by atoms with Crippen LogP contribution in [0.25, 0.3) is 0 Å². The van der Waals surface area contributed by atoms with Crippen molar-refractivity contribution < 1.29 is 14.7 Å². The van der Waals surface area contributed by atoms with Crippen molar-refractivity contribution in [3.8, 4) is 0 Å². The normalized spacial score (nSPS) is 24.2. The summed E-state index contributed by atoms with van der Waals surface area (Å²) in [6.07, 6.45) is 1.34. The molecule has 1 aromatic rings. The van der Waals surface area contributed by atoms with Gasteiger partial charge in [0.2, 0.25) is 5.91 Å². The van der Waals surface area contributed by atoms with Crippen LogP contribution >= 0.6 is 11.6 Å². The molecular weight excluding hydrogens is 254 g/mol. The summed E-state index contributed by atoms with van der Waals surface area (Å²) in [5, 5.41) is 12.2. The van der Waals surface area contributed by atoms with E-state index in [1.807, 2.05) is 18.2 Å². The molecule has 1 aliphatic heterocycles. The summed E-state index contributed by atoms with van der Waals surface area (Å²) in [4.78, 5) is 22.5. The third-order valence-corrected chi connectivity index (χ3v) is 3.56. The summed E-state index contributed by atoms with van der Waals surface area (Å²) in [5.41, 5.74) is 0.918. The number of carboxylic acid groups (broad SMARTS) is 1. The van der Waals surface area contributed by atoms with Gasteiger partial charge in [-0.2, -0.15) is 0 Å². The zero-order chi connectivity index (χ0) is 13.1. The molecule has 1 aromatic carbocycles. The van der Waals surface area contributed by atoms with E-state index >= 15 is 0 Å². The molecular formula is C13H14ClNO3. The Bertz CT molecular complexity index is 475. The van der Waals surface area contributed by atoms with Gasteiger partial charge >= 0.3 is 5.97 Å². The Balaban J connectivity index is 2.25. The average Bonchev–Trinajstić information content (AvgIpc) is 2.52. The summed E-state index contributed by atoms with van der Waals surface area (Å²) in [5.74, 6) is -1.21.